The first-order valence-electron chi connectivity index (χ1n) is 6.09. The van der Waals surface area contributed by atoms with Gasteiger partial charge in [-0.15, -0.1) is 0 Å². The molecule has 2 atom stereocenters. The Morgan fingerprint density at radius 3 is 2.28 bits per heavy atom. The van der Waals surface area contributed by atoms with Gasteiger partial charge in [0.25, 0.3) is 0 Å². The van der Waals surface area contributed by atoms with Crippen LogP contribution in [0.15, 0.2) is 18.2 Å². The minimum Gasteiger partial charge on any atom is -0.397 e. The highest BCUT2D eigenvalue weighted by molar-refractivity contribution is 6.26. The second kappa shape index (κ2) is 3.13. The van der Waals surface area contributed by atoms with Crippen LogP contribution in [0.25, 0.3) is 0 Å². The van der Waals surface area contributed by atoms with Crippen LogP contribution in [0.2, 0.25) is 0 Å². The van der Waals surface area contributed by atoms with Crippen molar-refractivity contribution in [1.82, 2.24) is 0 Å². The first-order valence-corrected chi connectivity index (χ1v) is 6.09. The number of nitrogen functional groups attached to an aromatic ring is 1. The summed E-state index contributed by atoms with van der Waals surface area (Å²) in [5.41, 5.74) is 7.69. The van der Waals surface area contributed by atoms with Gasteiger partial charge in [0.1, 0.15) is 0 Å². The van der Waals surface area contributed by atoms with E-state index >= 15 is 0 Å². The van der Waals surface area contributed by atoms with Crippen LogP contribution in [0.1, 0.15) is 19.4 Å². The summed E-state index contributed by atoms with van der Waals surface area (Å²) in [4.78, 5) is 25.8. The fourth-order valence-electron chi connectivity index (χ4n) is 3.03. The van der Waals surface area contributed by atoms with Crippen molar-refractivity contribution in [3.63, 3.8) is 0 Å². The Labute approximate surface area is 106 Å². The van der Waals surface area contributed by atoms with E-state index in [1.165, 1.54) is 4.90 Å². The molecule has 1 heterocycles. The summed E-state index contributed by atoms with van der Waals surface area (Å²) in [6, 6.07) is 5.40. The highest BCUT2D eigenvalue weighted by Crippen LogP contribution is 2.63. The molecule has 18 heavy (non-hydrogen) atoms. The van der Waals surface area contributed by atoms with E-state index in [-0.39, 0.29) is 29.1 Å². The largest absolute Gasteiger partial charge is 0.397 e. The van der Waals surface area contributed by atoms with Crippen molar-refractivity contribution in [2.75, 3.05) is 10.6 Å². The Kier molecular flexibility index (Phi) is 1.96. The van der Waals surface area contributed by atoms with Gasteiger partial charge >= 0.3 is 0 Å². The molecule has 2 N–H and O–H groups in total. The molecule has 1 saturated heterocycles. The predicted molar refractivity (Wildman–Crippen MR) is 68.8 cm³/mol. The van der Waals surface area contributed by atoms with Crippen molar-refractivity contribution in [2.45, 2.75) is 20.8 Å². The number of nitrogens with zero attached hydrogens (tertiary/aromatic N) is 1. The monoisotopic (exact) mass is 244 g/mol. The van der Waals surface area contributed by atoms with Gasteiger partial charge in [0.15, 0.2) is 0 Å². The van der Waals surface area contributed by atoms with E-state index in [2.05, 4.69) is 0 Å². The third kappa shape index (κ3) is 1.20. The summed E-state index contributed by atoms with van der Waals surface area (Å²) in [5.74, 6) is -0.533. The van der Waals surface area contributed by atoms with Gasteiger partial charge in [0, 0.05) is 0 Å². The maximum Gasteiger partial charge on any atom is 0.238 e. The van der Waals surface area contributed by atoms with Crippen molar-refractivity contribution in [1.29, 1.82) is 0 Å². The van der Waals surface area contributed by atoms with Crippen LogP contribution in [-0.4, -0.2) is 11.8 Å². The molecule has 1 aliphatic heterocycles. The molecule has 2 unspecified atom stereocenters. The predicted octanol–water partition coefficient (Wildman–Crippen LogP) is 1.72. The second-order valence-electron chi connectivity index (χ2n) is 5.85. The van der Waals surface area contributed by atoms with Gasteiger partial charge in [-0.05, 0) is 30.0 Å². The van der Waals surface area contributed by atoms with Gasteiger partial charge in [-0.1, -0.05) is 19.9 Å². The summed E-state index contributed by atoms with van der Waals surface area (Å²) >= 11 is 0. The zero-order chi connectivity index (χ0) is 13.2. The lowest BCUT2D eigenvalue weighted by molar-refractivity contribution is -0.125. The van der Waals surface area contributed by atoms with E-state index < -0.39 is 0 Å². The molecule has 0 aromatic heterocycles. The number of piperidine rings is 1. The normalized spacial score (nSPS) is 28.5. The van der Waals surface area contributed by atoms with E-state index in [1.807, 2.05) is 26.8 Å². The molecule has 0 spiro atoms. The summed E-state index contributed by atoms with van der Waals surface area (Å²) in [7, 11) is 0. The number of nitrogens with two attached hydrogens (primary N) is 1. The van der Waals surface area contributed by atoms with E-state index in [1.54, 1.807) is 12.1 Å². The number of hydrogen-bond donors (Lipinski definition) is 1. The molecule has 94 valence electrons. The molecule has 2 fully saturated rings. The number of carbonyl (C=O) groups is 2. The van der Waals surface area contributed by atoms with Gasteiger partial charge in [0.05, 0.1) is 23.2 Å². The molecular weight excluding hydrogens is 228 g/mol. The minimum atomic E-state index is -0.177. The maximum absolute atomic E-state index is 12.3. The third-order valence-corrected chi connectivity index (χ3v) is 4.23. The number of aryl methyl sites for hydroxylation is 1. The fraction of sp³-hybridized carbons (Fsp3) is 0.429. The van der Waals surface area contributed by atoms with E-state index in [0.717, 1.165) is 5.56 Å². The highest BCUT2D eigenvalue weighted by atomic mass is 16.2. The van der Waals surface area contributed by atoms with Crippen molar-refractivity contribution >= 4 is 23.2 Å². The third-order valence-electron chi connectivity index (χ3n) is 4.23. The number of carbonyl (C=O) groups excluding carboxylic acids is 2. The van der Waals surface area contributed by atoms with Crippen LogP contribution in [0.5, 0.6) is 0 Å². The molecule has 0 radical (unpaired) electrons. The standard InChI is InChI=1S/C14H16N2O2/c1-7-4-5-8(15)9(6-7)16-12(17)10-11(13(16)18)14(10,2)3/h4-6,10-11H,15H2,1-3H3. The lowest BCUT2D eigenvalue weighted by atomic mass is 10.0. The van der Waals surface area contributed by atoms with E-state index in [0.29, 0.717) is 11.4 Å². The average Bonchev–Trinajstić information content (AvgIpc) is 2.74. The van der Waals surface area contributed by atoms with Crippen LogP contribution < -0.4 is 10.6 Å². The summed E-state index contributed by atoms with van der Waals surface area (Å²) < 4.78 is 0. The molecular formula is C14H16N2O2. The summed E-state index contributed by atoms with van der Waals surface area (Å²) in [6.07, 6.45) is 0. The number of amides is 2. The Morgan fingerprint density at radius 1 is 1.17 bits per heavy atom. The molecule has 2 amide bonds. The highest BCUT2D eigenvalue weighted by Gasteiger charge is 2.72. The van der Waals surface area contributed by atoms with Crippen LogP contribution in [0, 0.1) is 24.2 Å². The molecule has 1 aromatic rings. The van der Waals surface area contributed by atoms with Gasteiger partial charge in [-0.25, -0.2) is 4.90 Å². The van der Waals surface area contributed by atoms with Gasteiger partial charge in [-0.3, -0.25) is 9.59 Å². The molecule has 3 rings (SSSR count). The first-order chi connectivity index (χ1) is 8.35. The van der Waals surface area contributed by atoms with Crippen LogP contribution >= 0.6 is 0 Å². The SMILES string of the molecule is Cc1ccc(N)c(N2C(=O)C3C(C2=O)C3(C)C)c1. The lowest BCUT2D eigenvalue weighted by Crippen LogP contribution is -2.36. The summed E-state index contributed by atoms with van der Waals surface area (Å²) in [5, 5.41) is 0. The number of rotatable bonds is 1. The van der Waals surface area contributed by atoms with Crippen LogP contribution in [0.3, 0.4) is 0 Å². The molecule has 4 heteroatoms. The average molecular weight is 244 g/mol. The van der Waals surface area contributed by atoms with Crippen LogP contribution in [-0.2, 0) is 9.59 Å². The molecule has 4 nitrogen and oxygen atoms in total. The van der Waals surface area contributed by atoms with E-state index in [4.69, 9.17) is 5.73 Å². The Balaban J connectivity index is 2.03. The quantitative estimate of drug-likeness (QED) is 0.604. The number of anilines is 2. The van der Waals surface area contributed by atoms with Gasteiger partial charge < -0.3 is 5.73 Å². The zero-order valence-corrected chi connectivity index (χ0v) is 10.7. The molecule has 1 aliphatic carbocycles. The minimum absolute atomic E-state index is 0.104. The Morgan fingerprint density at radius 2 is 1.72 bits per heavy atom. The van der Waals surface area contributed by atoms with Crippen molar-refractivity contribution in [3.8, 4) is 0 Å². The Bertz CT molecular complexity index is 553. The molecule has 0 bridgehead atoms. The van der Waals surface area contributed by atoms with Gasteiger partial charge in [0.2, 0.25) is 11.8 Å². The maximum atomic E-state index is 12.3. The van der Waals surface area contributed by atoms with E-state index in [9.17, 15) is 9.59 Å². The fourth-order valence-corrected chi connectivity index (χ4v) is 3.03. The molecule has 1 aromatic carbocycles. The molecule has 1 saturated carbocycles. The van der Waals surface area contributed by atoms with Crippen molar-refractivity contribution in [2.24, 2.45) is 17.3 Å². The summed E-state index contributed by atoms with van der Waals surface area (Å²) in [6.45, 7) is 5.85. The molecule has 2 aliphatic rings. The number of benzene rings is 1. The topological polar surface area (TPSA) is 63.4 Å². The Hall–Kier alpha value is -1.84. The smallest absolute Gasteiger partial charge is 0.238 e. The lowest BCUT2D eigenvalue weighted by Gasteiger charge is -2.22. The second-order valence-corrected chi connectivity index (χ2v) is 5.85. The van der Waals surface area contributed by atoms with Gasteiger partial charge in [-0.2, -0.15) is 0 Å². The van der Waals surface area contributed by atoms with Crippen LogP contribution in [0.4, 0.5) is 11.4 Å². The first kappa shape index (κ1) is 11.3. The number of imide groups is 1. The number of hydrogen-bond acceptors (Lipinski definition) is 3. The zero-order valence-electron chi connectivity index (χ0n) is 10.7. The number of fused-ring (bicyclic) bond motifs is 1. The van der Waals surface area contributed by atoms with Crippen molar-refractivity contribution in [3.05, 3.63) is 23.8 Å². The van der Waals surface area contributed by atoms with Crippen molar-refractivity contribution < 1.29 is 9.59 Å².